The SMILES string of the molecule is CCCC[C@H](NC(=O)[C@H](CCC(N)=O)NC(=O)[C@H](CCCCN)NC(=O)[C@@H](CCc1ccccc1)NC(=O)[C@H](CCCC)NC(=O)[C@@H](N)CC(=O)O)C(=O)N[C@@H](CCC(=O)O)C(=O)N[C@@H](CCC(=O)O)C(=O)N[C@@H](CCC(=O)O)C(=O)N[C@@H](C)C(=O)N[C@H](C(=O)N[C@@H](CCCN=C(N)N)C(=O)N[C@H](C)CC(C)C)C(C)C. The van der Waals surface area contributed by atoms with Crippen LogP contribution in [0.25, 0.3) is 0 Å². The Kier molecular flexibility index (Phi) is 47.2. The fraction of sp³-hybridized carbons (Fsp3) is 0.667. The number of aryl methyl sites for hydroxylation is 1. The van der Waals surface area contributed by atoms with Crippen molar-refractivity contribution in [1.29, 1.82) is 0 Å². The van der Waals surface area contributed by atoms with Crippen LogP contribution in [0.4, 0.5) is 0 Å². The summed E-state index contributed by atoms with van der Waals surface area (Å²) >= 11 is 0. The van der Waals surface area contributed by atoms with Crippen molar-refractivity contribution in [3.8, 4) is 0 Å². The first kappa shape index (κ1) is 98.4. The van der Waals surface area contributed by atoms with E-state index in [9.17, 15) is 102 Å². The molecule has 0 bridgehead atoms. The second kappa shape index (κ2) is 53.3. The van der Waals surface area contributed by atoms with Gasteiger partial charge in [0.1, 0.15) is 66.5 Å². The number of nitrogens with zero attached hydrogens (tertiary/aromatic N) is 1. The number of aliphatic carboxylic acids is 4. The summed E-state index contributed by atoms with van der Waals surface area (Å²) < 4.78 is 0. The lowest BCUT2D eigenvalue weighted by atomic mass is 10.0. The summed E-state index contributed by atoms with van der Waals surface area (Å²) in [4.78, 5) is 233. The summed E-state index contributed by atoms with van der Waals surface area (Å²) in [6, 6.07) is -10.2. The molecule has 0 saturated heterocycles. The zero-order chi connectivity index (χ0) is 84.0. The minimum Gasteiger partial charge on any atom is -0.481 e. The van der Waals surface area contributed by atoms with Crippen LogP contribution in [0.15, 0.2) is 35.3 Å². The number of carboxylic acid groups (broad SMARTS) is 4. The van der Waals surface area contributed by atoms with Gasteiger partial charge in [-0.05, 0) is 128 Å². The van der Waals surface area contributed by atoms with Gasteiger partial charge in [0.2, 0.25) is 76.8 Å². The first-order valence-corrected chi connectivity index (χ1v) is 37.6. The third-order valence-electron chi connectivity index (χ3n) is 17.4. The van der Waals surface area contributed by atoms with Crippen LogP contribution in [-0.4, -0.2) is 219 Å². The lowest BCUT2D eigenvalue weighted by Gasteiger charge is -2.28. The molecule has 0 aliphatic carbocycles. The fourth-order valence-corrected chi connectivity index (χ4v) is 11.3. The van der Waals surface area contributed by atoms with E-state index in [1.165, 1.54) is 6.92 Å². The van der Waals surface area contributed by atoms with Gasteiger partial charge in [-0.3, -0.25) is 86.5 Å². The monoisotopic (exact) mass is 1570 g/mol. The fourth-order valence-electron chi connectivity index (χ4n) is 11.3. The number of nitrogens with one attached hydrogen (secondary N) is 12. The van der Waals surface area contributed by atoms with E-state index in [0.717, 1.165) is 5.56 Å². The van der Waals surface area contributed by atoms with Crippen molar-refractivity contribution >= 4 is 107 Å². The number of unbranched alkanes of at least 4 members (excludes halogenated alkanes) is 3. The number of hydrogen-bond acceptors (Lipinski definition) is 20. The highest BCUT2D eigenvalue weighted by Crippen LogP contribution is 2.15. The molecule has 1 aromatic rings. The van der Waals surface area contributed by atoms with Crippen molar-refractivity contribution in [2.24, 2.45) is 45.5 Å². The molecule has 0 aliphatic rings. The van der Waals surface area contributed by atoms with Crippen molar-refractivity contribution in [1.82, 2.24) is 63.8 Å². The molecule has 624 valence electrons. The van der Waals surface area contributed by atoms with E-state index in [2.05, 4.69) is 68.8 Å². The van der Waals surface area contributed by atoms with Gasteiger partial charge in [0.15, 0.2) is 5.96 Å². The number of carboxylic acids is 4. The summed E-state index contributed by atoms with van der Waals surface area (Å²) in [6.07, 6.45) is -3.42. The largest absolute Gasteiger partial charge is 0.481 e. The van der Waals surface area contributed by atoms with E-state index in [1.54, 1.807) is 58.0 Å². The van der Waals surface area contributed by atoms with Gasteiger partial charge in [-0.2, -0.15) is 0 Å². The van der Waals surface area contributed by atoms with E-state index in [4.69, 9.17) is 28.7 Å². The standard InChI is InChI=1S/C72H120N18O21/c1-9-11-21-45(81-61(101)44(74)38-58(98)99)64(104)84-49(26-25-43-19-14-13-15-20-43)67(107)83-47(23-16-17-35-73)66(106)85-50(27-31-54(75)91)68(108)82-46(22-12-10-2)65(105)87-52(29-33-56(94)95)70(110)88-53(30-34-57(96)97)69(109)86-51(28-32-55(92)93)63(103)80-42(8)60(100)90-59(40(5)6)71(111)89-48(24-18-36-78-72(76)77)62(102)79-41(7)37-39(3)4/h13-15,19-20,39-42,44-53,59H,9-12,16-18,21-38,73-74H2,1-8H3,(H2,75,91)(H,79,102)(H,80,103)(H,81,101)(H,82,108)(H,83,107)(H,84,104)(H,85,106)(H,86,109)(H,87,105)(H,88,110)(H,89,111)(H,90,100)(H,92,93)(H,94,95)(H,96,97)(H,98,99)(H4,76,77,78)/t41-,42+,44+,45+,46+,47+,48+,49-,50+,51+,52+,53+,59+/m1/s1. The van der Waals surface area contributed by atoms with Crippen molar-refractivity contribution in [2.45, 2.75) is 282 Å². The van der Waals surface area contributed by atoms with E-state index in [0.29, 0.717) is 32.1 Å². The molecule has 26 N–H and O–H groups in total. The molecule has 0 unspecified atom stereocenters. The lowest BCUT2D eigenvalue weighted by molar-refractivity contribution is -0.140. The highest BCUT2D eigenvalue weighted by Gasteiger charge is 2.38. The van der Waals surface area contributed by atoms with Gasteiger partial charge in [-0.15, -0.1) is 0 Å². The normalized spacial score (nSPS) is 14.6. The minimum atomic E-state index is -1.94. The zero-order valence-corrected chi connectivity index (χ0v) is 64.8. The molecule has 39 heteroatoms. The van der Waals surface area contributed by atoms with Crippen LogP contribution in [0.5, 0.6) is 0 Å². The number of carbonyl (C=O) groups excluding carboxylic acids is 13. The topological polar surface area (TPSA) is 658 Å². The summed E-state index contributed by atoms with van der Waals surface area (Å²) in [5.41, 5.74) is 28.8. The molecule has 0 aliphatic heterocycles. The molecule has 0 aromatic heterocycles. The third kappa shape index (κ3) is 41.7. The summed E-state index contributed by atoms with van der Waals surface area (Å²) in [5, 5.41) is 68.6. The predicted octanol–water partition coefficient (Wildman–Crippen LogP) is -2.60. The Labute approximate surface area is 646 Å². The molecule has 0 saturated carbocycles. The number of benzene rings is 1. The van der Waals surface area contributed by atoms with Crippen LogP contribution in [-0.2, 0) is 87.9 Å². The maximum Gasteiger partial charge on any atom is 0.305 e. The van der Waals surface area contributed by atoms with Crippen LogP contribution in [0, 0.1) is 11.8 Å². The highest BCUT2D eigenvalue weighted by molar-refractivity contribution is 6.00. The maximum atomic E-state index is 14.5. The van der Waals surface area contributed by atoms with Crippen molar-refractivity contribution in [3.63, 3.8) is 0 Å². The van der Waals surface area contributed by atoms with Gasteiger partial charge in [-0.25, -0.2) is 0 Å². The zero-order valence-electron chi connectivity index (χ0n) is 64.8. The molecule has 111 heavy (non-hydrogen) atoms. The Morgan fingerprint density at radius 2 is 0.739 bits per heavy atom. The summed E-state index contributed by atoms with van der Waals surface area (Å²) in [7, 11) is 0. The Hall–Kier alpha value is -10.6. The number of guanidine groups is 1. The summed E-state index contributed by atoms with van der Waals surface area (Å²) in [6.45, 7) is 13.9. The number of rotatable bonds is 58. The van der Waals surface area contributed by atoms with Crippen LogP contribution >= 0.6 is 0 Å². The molecular formula is C72H120N18O21. The third-order valence-corrected chi connectivity index (χ3v) is 17.4. The number of hydrogen-bond donors (Lipinski definition) is 21. The van der Waals surface area contributed by atoms with E-state index in [1.807, 2.05) is 20.8 Å². The second-order valence-corrected chi connectivity index (χ2v) is 28.1. The molecule has 1 rings (SSSR count). The maximum absolute atomic E-state index is 14.5. The van der Waals surface area contributed by atoms with Crippen LogP contribution in [0.1, 0.15) is 202 Å². The Morgan fingerprint density at radius 1 is 0.387 bits per heavy atom. The van der Waals surface area contributed by atoms with E-state index < -0.39 is 237 Å². The van der Waals surface area contributed by atoms with Gasteiger partial charge in [0.05, 0.1) is 12.5 Å². The van der Waals surface area contributed by atoms with E-state index >= 15 is 0 Å². The van der Waals surface area contributed by atoms with Crippen molar-refractivity contribution in [3.05, 3.63) is 35.9 Å². The van der Waals surface area contributed by atoms with Crippen LogP contribution < -0.4 is 92.5 Å². The van der Waals surface area contributed by atoms with Gasteiger partial charge < -0.3 is 113 Å². The number of aliphatic imine (C=N–C) groups is 1. The van der Waals surface area contributed by atoms with Crippen molar-refractivity contribution in [2.75, 3.05) is 13.1 Å². The second-order valence-electron chi connectivity index (χ2n) is 28.1. The minimum absolute atomic E-state index is 0.0571. The molecule has 39 nitrogen and oxygen atoms in total. The molecule has 13 amide bonds. The first-order chi connectivity index (χ1) is 52.2. The van der Waals surface area contributed by atoms with Crippen molar-refractivity contribution < 1.29 is 102 Å². The molecule has 1 aromatic carbocycles. The number of carbonyl (C=O) groups is 17. The van der Waals surface area contributed by atoms with Crippen LogP contribution in [0.3, 0.4) is 0 Å². The molecule has 0 heterocycles. The predicted molar refractivity (Wildman–Crippen MR) is 405 cm³/mol. The number of nitrogens with two attached hydrogens (primary N) is 5. The van der Waals surface area contributed by atoms with E-state index in [-0.39, 0.29) is 88.8 Å². The lowest BCUT2D eigenvalue weighted by Crippen LogP contribution is -2.61. The average molecular weight is 1570 g/mol. The van der Waals surface area contributed by atoms with Gasteiger partial charge in [0, 0.05) is 38.3 Å². The quantitative estimate of drug-likeness (QED) is 0.0181. The molecule has 13 atom stereocenters. The average Bonchev–Trinajstić information content (AvgIpc) is 0.861. The molecule has 0 spiro atoms. The van der Waals surface area contributed by atoms with Crippen LogP contribution in [0.2, 0.25) is 0 Å². The molecule has 0 fully saturated rings. The Bertz CT molecular complexity index is 3290. The smallest absolute Gasteiger partial charge is 0.305 e. The summed E-state index contributed by atoms with van der Waals surface area (Å²) in [5.74, 6) is -19.3. The molecule has 0 radical (unpaired) electrons. The first-order valence-electron chi connectivity index (χ1n) is 37.6. The van der Waals surface area contributed by atoms with Gasteiger partial charge in [-0.1, -0.05) is 97.6 Å². The Morgan fingerprint density at radius 3 is 1.10 bits per heavy atom. The van der Waals surface area contributed by atoms with Gasteiger partial charge >= 0.3 is 23.9 Å². The van der Waals surface area contributed by atoms with Gasteiger partial charge in [0.25, 0.3) is 0 Å². The highest BCUT2D eigenvalue weighted by atomic mass is 16.4. The Balaban J connectivity index is 3.72. The molecular weight excluding hydrogens is 1450 g/mol. The number of primary amides is 1. The number of amides is 13.